The van der Waals surface area contributed by atoms with Crippen LogP contribution in [0.15, 0.2) is 35.9 Å². The smallest absolute Gasteiger partial charge is 0.263 e. The van der Waals surface area contributed by atoms with E-state index in [9.17, 15) is 8.78 Å². The van der Waals surface area contributed by atoms with Crippen molar-refractivity contribution >= 4 is 0 Å². The van der Waals surface area contributed by atoms with Crippen LogP contribution in [0.25, 0.3) is 0 Å². The Balaban J connectivity index is 1.69. The van der Waals surface area contributed by atoms with Crippen LogP contribution >= 0.6 is 0 Å². The zero-order valence-electron chi connectivity index (χ0n) is 11.2. The Morgan fingerprint density at radius 1 is 1.11 bits per heavy atom. The fraction of sp³-hybridized carbons (Fsp3) is 0.500. The van der Waals surface area contributed by atoms with Gasteiger partial charge in [-0.05, 0) is 44.2 Å². The predicted octanol–water partition coefficient (Wildman–Crippen LogP) is 4.60. The largest absolute Gasteiger partial charge is 0.312 e. The summed E-state index contributed by atoms with van der Waals surface area (Å²) in [6, 6.07) is 6.55. The molecule has 1 N–H and O–H groups in total. The SMILES string of the molecule is FC(F)c1ccc(CNCCC2=CCCCC2)cc1. The highest BCUT2D eigenvalue weighted by Gasteiger charge is 2.06. The summed E-state index contributed by atoms with van der Waals surface area (Å²) in [5.41, 5.74) is 2.71. The second-order valence-corrected chi connectivity index (χ2v) is 5.08. The highest BCUT2D eigenvalue weighted by atomic mass is 19.3. The summed E-state index contributed by atoms with van der Waals surface area (Å²) in [5, 5.41) is 3.37. The van der Waals surface area contributed by atoms with Gasteiger partial charge in [-0.15, -0.1) is 0 Å². The minimum Gasteiger partial charge on any atom is -0.312 e. The average molecular weight is 265 g/mol. The summed E-state index contributed by atoms with van der Waals surface area (Å²) in [6.45, 7) is 1.71. The van der Waals surface area contributed by atoms with Crippen molar-refractivity contribution in [3.05, 3.63) is 47.0 Å². The van der Waals surface area contributed by atoms with Crippen LogP contribution in [0.4, 0.5) is 8.78 Å². The maximum atomic E-state index is 12.4. The Labute approximate surface area is 113 Å². The standard InChI is InChI=1S/C16H21F2N/c17-16(18)15-8-6-14(7-9-15)12-19-11-10-13-4-2-1-3-5-13/h4,6-9,16,19H,1-3,5,10-12H2. The van der Waals surface area contributed by atoms with E-state index in [0.717, 1.165) is 25.1 Å². The Morgan fingerprint density at radius 2 is 1.89 bits per heavy atom. The number of halogens is 2. The molecule has 0 unspecified atom stereocenters. The van der Waals surface area contributed by atoms with Gasteiger partial charge >= 0.3 is 0 Å². The van der Waals surface area contributed by atoms with Crippen LogP contribution in [0.2, 0.25) is 0 Å². The molecule has 0 radical (unpaired) electrons. The Morgan fingerprint density at radius 3 is 2.53 bits per heavy atom. The number of alkyl halides is 2. The van der Waals surface area contributed by atoms with Gasteiger partial charge in [-0.2, -0.15) is 0 Å². The third kappa shape index (κ3) is 4.75. The van der Waals surface area contributed by atoms with Gasteiger partial charge in [0.2, 0.25) is 0 Å². The van der Waals surface area contributed by atoms with E-state index in [-0.39, 0.29) is 5.56 Å². The van der Waals surface area contributed by atoms with Crippen LogP contribution in [0.3, 0.4) is 0 Å². The van der Waals surface area contributed by atoms with Crippen LogP contribution in [-0.2, 0) is 6.54 Å². The molecule has 104 valence electrons. The Hall–Kier alpha value is -1.22. The van der Waals surface area contributed by atoms with E-state index in [1.165, 1.54) is 37.8 Å². The zero-order chi connectivity index (χ0) is 13.5. The minimum atomic E-state index is -2.37. The van der Waals surface area contributed by atoms with Crippen LogP contribution in [-0.4, -0.2) is 6.54 Å². The van der Waals surface area contributed by atoms with Gasteiger partial charge in [-0.25, -0.2) is 8.78 Å². The van der Waals surface area contributed by atoms with Crippen molar-refractivity contribution in [1.29, 1.82) is 0 Å². The Bertz CT molecular complexity index is 409. The molecule has 0 atom stereocenters. The van der Waals surface area contributed by atoms with Crippen molar-refractivity contribution < 1.29 is 8.78 Å². The van der Waals surface area contributed by atoms with Crippen molar-refractivity contribution in [2.45, 2.75) is 45.1 Å². The van der Waals surface area contributed by atoms with Crippen molar-refractivity contribution in [3.8, 4) is 0 Å². The molecule has 0 saturated heterocycles. The molecule has 19 heavy (non-hydrogen) atoms. The lowest BCUT2D eigenvalue weighted by Crippen LogP contribution is -2.15. The van der Waals surface area contributed by atoms with Gasteiger partial charge in [0.25, 0.3) is 6.43 Å². The molecule has 1 aliphatic carbocycles. The van der Waals surface area contributed by atoms with Gasteiger partial charge in [-0.3, -0.25) is 0 Å². The van der Waals surface area contributed by atoms with Gasteiger partial charge in [0.05, 0.1) is 0 Å². The molecule has 0 amide bonds. The van der Waals surface area contributed by atoms with Gasteiger partial charge in [0.15, 0.2) is 0 Å². The van der Waals surface area contributed by atoms with Crippen LogP contribution in [0.1, 0.15) is 49.7 Å². The van der Waals surface area contributed by atoms with E-state index in [2.05, 4.69) is 11.4 Å². The molecule has 0 spiro atoms. The van der Waals surface area contributed by atoms with E-state index < -0.39 is 6.43 Å². The maximum Gasteiger partial charge on any atom is 0.263 e. The molecule has 0 bridgehead atoms. The third-order valence-electron chi connectivity index (χ3n) is 3.57. The molecule has 3 heteroatoms. The van der Waals surface area contributed by atoms with E-state index in [1.807, 2.05) is 0 Å². The lowest BCUT2D eigenvalue weighted by molar-refractivity contribution is 0.151. The topological polar surface area (TPSA) is 12.0 Å². The number of rotatable bonds is 6. The molecule has 1 aromatic rings. The second kappa shape index (κ2) is 7.39. The Kier molecular flexibility index (Phi) is 5.52. The van der Waals surface area contributed by atoms with Crippen molar-refractivity contribution in [3.63, 3.8) is 0 Å². The maximum absolute atomic E-state index is 12.4. The van der Waals surface area contributed by atoms with Crippen LogP contribution < -0.4 is 5.32 Å². The number of benzene rings is 1. The average Bonchev–Trinajstić information content (AvgIpc) is 2.45. The molecule has 2 rings (SSSR count). The second-order valence-electron chi connectivity index (χ2n) is 5.08. The first-order valence-electron chi connectivity index (χ1n) is 7.01. The van der Waals surface area contributed by atoms with Crippen molar-refractivity contribution in [2.75, 3.05) is 6.54 Å². The zero-order valence-corrected chi connectivity index (χ0v) is 11.2. The fourth-order valence-corrected chi connectivity index (χ4v) is 2.39. The summed E-state index contributed by atoms with van der Waals surface area (Å²) >= 11 is 0. The first-order chi connectivity index (χ1) is 9.25. The minimum absolute atomic E-state index is 0.0936. The number of allylic oxidation sites excluding steroid dienone is 1. The molecule has 1 aromatic carbocycles. The van der Waals surface area contributed by atoms with Gasteiger partial charge in [-0.1, -0.05) is 35.9 Å². The summed E-state index contributed by atoms with van der Waals surface area (Å²) in [7, 11) is 0. The van der Waals surface area contributed by atoms with Gasteiger partial charge in [0.1, 0.15) is 0 Å². The highest BCUT2D eigenvalue weighted by Crippen LogP contribution is 2.20. The van der Waals surface area contributed by atoms with E-state index in [4.69, 9.17) is 0 Å². The summed E-state index contributed by atoms with van der Waals surface area (Å²) in [4.78, 5) is 0. The van der Waals surface area contributed by atoms with Crippen LogP contribution in [0.5, 0.6) is 0 Å². The quantitative estimate of drug-likeness (QED) is 0.585. The number of hydrogen-bond donors (Lipinski definition) is 1. The summed E-state index contributed by atoms with van der Waals surface area (Å²) in [5.74, 6) is 0. The van der Waals surface area contributed by atoms with E-state index >= 15 is 0 Å². The molecule has 0 aliphatic heterocycles. The molecular formula is C16H21F2N. The molecule has 0 heterocycles. The third-order valence-corrected chi connectivity index (χ3v) is 3.57. The van der Waals surface area contributed by atoms with Crippen LogP contribution in [0, 0.1) is 0 Å². The summed E-state index contributed by atoms with van der Waals surface area (Å²) in [6.07, 6.45) is 6.21. The molecule has 0 saturated carbocycles. The lowest BCUT2D eigenvalue weighted by Gasteiger charge is -2.13. The van der Waals surface area contributed by atoms with E-state index in [1.54, 1.807) is 17.7 Å². The molecular weight excluding hydrogens is 244 g/mol. The molecule has 0 fully saturated rings. The number of hydrogen-bond acceptors (Lipinski definition) is 1. The first-order valence-corrected chi connectivity index (χ1v) is 7.01. The van der Waals surface area contributed by atoms with E-state index in [0.29, 0.717) is 0 Å². The fourth-order valence-electron chi connectivity index (χ4n) is 2.39. The lowest BCUT2D eigenvalue weighted by atomic mass is 9.97. The highest BCUT2D eigenvalue weighted by molar-refractivity contribution is 5.23. The predicted molar refractivity (Wildman–Crippen MR) is 74.3 cm³/mol. The van der Waals surface area contributed by atoms with Gasteiger partial charge < -0.3 is 5.32 Å². The monoisotopic (exact) mass is 265 g/mol. The van der Waals surface area contributed by atoms with Crippen molar-refractivity contribution in [2.24, 2.45) is 0 Å². The molecule has 1 aliphatic rings. The molecule has 0 aromatic heterocycles. The first kappa shape index (κ1) is 14.2. The van der Waals surface area contributed by atoms with Crippen molar-refractivity contribution in [1.82, 2.24) is 5.32 Å². The number of nitrogens with one attached hydrogen (secondary N) is 1. The summed E-state index contributed by atoms with van der Waals surface area (Å²) < 4.78 is 24.8. The van der Waals surface area contributed by atoms with Gasteiger partial charge in [0, 0.05) is 12.1 Å². The molecule has 1 nitrogen and oxygen atoms in total. The normalized spacial score (nSPS) is 15.6.